The lowest BCUT2D eigenvalue weighted by atomic mass is 9.64. The fourth-order valence-electron chi connectivity index (χ4n) is 5.06. The molecule has 1 spiro atoms. The summed E-state index contributed by atoms with van der Waals surface area (Å²) in [5.74, 6) is -1.99. The van der Waals surface area contributed by atoms with E-state index in [0.717, 1.165) is 24.3 Å². The average Bonchev–Trinajstić information content (AvgIpc) is 3.05. The van der Waals surface area contributed by atoms with Crippen LogP contribution in [0.25, 0.3) is 0 Å². The Morgan fingerprint density at radius 3 is 2.44 bits per heavy atom. The number of anilines is 2. The Labute approximate surface area is 190 Å². The molecule has 3 N–H and O–H groups in total. The van der Waals surface area contributed by atoms with E-state index in [9.17, 15) is 32.4 Å². The van der Waals surface area contributed by atoms with Crippen LogP contribution in [0.15, 0.2) is 65.1 Å². The molecule has 1 aliphatic carbocycles. The van der Waals surface area contributed by atoms with Crippen molar-refractivity contribution in [3.05, 3.63) is 82.1 Å². The van der Waals surface area contributed by atoms with Crippen LogP contribution in [0.1, 0.15) is 30.4 Å². The Morgan fingerprint density at radius 1 is 1.09 bits per heavy atom. The van der Waals surface area contributed by atoms with Gasteiger partial charge in [0.15, 0.2) is 5.78 Å². The van der Waals surface area contributed by atoms with Crippen molar-refractivity contribution in [3.63, 3.8) is 0 Å². The highest BCUT2D eigenvalue weighted by atomic mass is 19.4. The molecule has 5 rings (SSSR count). The number of halogens is 4. The first-order valence-electron chi connectivity index (χ1n) is 10.4. The summed E-state index contributed by atoms with van der Waals surface area (Å²) in [5.41, 5.74) is 4.15. The Bertz CT molecular complexity index is 1370. The first-order chi connectivity index (χ1) is 16.1. The molecule has 2 heterocycles. The summed E-state index contributed by atoms with van der Waals surface area (Å²) in [6.45, 7) is 0. The van der Waals surface area contributed by atoms with Crippen molar-refractivity contribution in [2.24, 2.45) is 5.73 Å². The summed E-state index contributed by atoms with van der Waals surface area (Å²) < 4.78 is 53.5. The summed E-state index contributed by atoms with van der Waals surface area (Å²) in [4.78, 5) is 28.1. The van der Waals surface area contributed by atoms with Gasteiger partial charge in [-0.25, -0.2) is 4.39 Å². The molecule has 0 saturated carbocycles. The van der Waals surface area contributed by atoms with Crippen molar-refractivity contribution in [3.8, 4) is 6.07 Å². The number of nitriles is 1. The molecule has 0 bridgehead atoms. The first-order valence-corrected chi connectivity index (χ1v) is 10.4. The molecule has 2 aromatic carbocycles. The highest BCUT2D eigenvalue weighted by Gasteiger charge is 2.60. The molecule has 1 amide bonds. The molecule has 0 aromatic heterocycles. The zero-order chi connectivity index (χ0) is 24.4. The molecular formula is C24H16F4N4O2. The maximum Gasteiger partial charge on any atom is 0.416 e. The molecule has 10 heteroatoms. The number of alkyl halides is 3. The average molecular weight is 468 g/mol. The number of amides is 1. The van der Waals surface area contributed by atoms with Gasteiger partial charge in [0.05, 0.1) is 11.1 Å². The number of nitrogens with one attached hydrogen (secondary N) is 1. The summed E-state index contributed by atoms with van der Waals surface area (Å²) in [5, 5.41) is 12.7. The van der Waals surface area contributed by atoms with Crippen molar-refractivity contribution in [1.29, 1.82) is 5.26 Å². The van der Waals surface area contributed by atoms with Gasteiger partial charge < -0.3 is 11.1 Å². The second-order valence-electron chi connectivity index (χ2n) is 8.24. The van der Waals surface area contributed by atoms with Crippen molar-refractivity contribution in [2.75, 3.05) is 10.2 Å². The predicted octanol–water partition coefficient (Wildman–Crippen LogP) is 4.26. The Morgan fingerprint density at radius 2 is 1.79 bits per heavy atom. The van der Waals surface area contributed by atoms with Gasteiger partial charge in [-0.2, -0.15) is 18.4 Å². The van der Waals surface area contributed by atoms with Gasteiger partial charge >= 0.3 is 6.18 Å². The van der Waals surface area contributed by atoms with Crippen LogP contribution >= 0.6 is 0 Å². The highest BCUT2D eigenvalue weighted by molar-refractivity contribution is 6.19. The van der Waals surface area contributed by atoms with Gasteiger partial charge in [-0.3, -0.25) is 14.5 Å². The molecule has 34 heavy (non-hydrogen) atoms. The minimum Gasteiger partial charge on any atom is -0.384 e. The summed E-state index contributed by atoms with van der Waals surface area (Å²) in [6.07, 6.45) is -3.76. The van der Waals surface area contributed by atoms with Crippen LogP contribution in [-0.2, 0) is 21.2 Å². The fraction of sp³-hybridized carbons (Fsp3) is 0.208. The topological polar surface area (TPSA) is 99.2 Å². The Balaban J connectivity index is 1.81. The number of hydrogen-bond acceptors (Lipinski definition) is 5. The third-order valence-electron chi connectivity index (χ3n) is 6.44. The fourth-order valence-corrected chi connectivity index (χ4v) is 5.06. The maximum atomic E-state index is 14.3. The number of rotatable bonds is 1. The largest absolute Gasteiger partial charge is 0.416 e. The third-order valence-corrected chi connectivity index (χ3v) is 6.44. The summed E-state index contributed by atoms with van der Waals surface area (Å²) in [6, 6.07) is 9.64. The van der Waals surface area contributed by atoms with Crippen LogP contribution in [-0.4, -0.2) is 11.7 Å². The minimum absolute atomic E-state index is 0.00810. The van der Waals surface area contributed by atoms with Crippen molar-refractivity contribution < 1.29 is 27.2 Å². The van der Waals surface area contributed by atoms with Crippen LogP contribution in [0.4, 0.5) is 28.9 Å². The molecular weight excluding hydrogens is 452 g/mol. The third kappa shape index (κ3) is 2.79. The SMILES string of the molecule is N#CC1=C(N)N(c2ccc(C(F)(F)F)cc2)C2=C(C(=O)CCC2)C12C(=O)Nc1ccc(F)cc12. The van der Waals surface area contributed by atoms with E-state index in [1.165, 1.54) is 23.1 Å². The highest BCUT2D eigenvalue weighted by Crippen LogP contribution is 2.55. The number of carbonyl (C=O) groups excluding carboxylic acids is 2. The monoisotopic (exact) mass is 468 g/mol. The lowest BCUT2D eigenvalue weighted by molar-refractivity contribution is -0.137. The van der Waals surface area contributed by atoms with E-state index in [1.807, 2.05) is 6.07 Å². The smallest absolute Gasteiger partial charge is 0.384 e. The number of allylic oxidation sites excluding steroid dienone is 1. The van der Waals surface area contributed by atoms with Gasteiger partial charge in [0.25, 0.3) is 0 Å². The van der Waals surface area contributed by atoms with Gasteiger partial charge in [-0.15, -0.1) is 0 Å². The normalized spacial score (nSPS) is 22.0. The van der Waals surface area contributed by atoms with Gasteiger partial charge in [-0.1, -0.05) is 0 Å². The number of Topliss-reactive ketones (excluding diaryl/α,β-unsaturated/α-hetero) is 1. The van der Waals surface area contributed by atoms with Gasteiger partial charge in [0.2, 0.25) is 5.91 Å². The summed E-state index contributed by atoms with van der Waals surface area (Å²) >= 11 is 0. The van der Waals surface area contributed by atoms with Crippen molar-refractivity contribution in [1.82, 2.24) is 0 Å². The van der Waals surface area contributed by atoms with Crippen molar-refractivity contribution in [2.45, 2.75) is 30.9 Å². The van der Waals surface area contributed by atoms with E-state index >= 15 is 0 Å². The second kappa shape index (κ2) is 7.18. The van der Waals surface area contributed by atoms with Crippen LogP contribution in [0.5, 0.6) is 0 Å². The van der Waals surface area contributed by atoms with E-state index in [4.69, 9.17) is 5.73 Å². The van der Waals surface area contributed by atoms with Crippen LogP contribution in [0.2, 0.25) is 0 Å². The molecule has 0 saturated heterocycles. The number of fused-ring (bicyclic) bond motifs is 3. The number of hydrogen-bond donors (Lipinski definition) is 2. The maximum absolute atomic E-state index is 14.3. The van der Waals surface area contributed by atoms with E-state index in [-0.39, 0.29) is 46.7 Å². The van der Waals surface area contributed by atoms with Gasteiger partial charge in [0.1, 0.15) is 23.1 Å². The number of nitrogens with zero attached hydrogens (tertiary/aromatic N) is 2. The minimum atomic E-state index is -4.55. The van der Waals surface area contributed by atoms with E-state index < -0.39 is 34.7 Å². The molecule has 172 valence electrons. The lowest BCUT2D eigenvalue weighted by Crippen LogP contribution is -2.50. The van der Waals surface area contributed by atoms with E-state index in [2.05, 4.69) is 5.32 Å². The van der Waals surface area contributed by atoms with Gasteiger partial charge in [-0.05, 0) is 55.3 Å². The molecule has 1 unspecified atom stereocenters. The molecule has 6 nitrogen and oxygen atoms in total. The van der Waals surface area contributed by atoms with Crippen LogP contribution in [0.3, 0.4) is 0 Å². The lowest BCUT2D eigenvalue weighted by Gasteiger charge is -2.43. The molecule has 0 fully saturated rings. The Hall–Kier alpha value is -4.13. The number of ketones is 1. The first kappa shape index (κ1) is 21.7. The van der Waals surface area contributed by atoms with E-state index in [0.29, 0.717) is 12.1 Å². The van der Waals surface area contributed by atoms with E-state index in [1.54, 1.807) is 0 Å². The molecule has 3 aliphatic rings. The van der Waals surface area contributed by atoms with Gasteiger partial charge in [0, 0.05) is 34.6 Å². The number of nitrogens with two attached hydrogens (primary N) is 1. The summed E-state index contributed by atoms with van der Waals surface area (Å²) in [7, 11) is 0. The van der Waals surface area contributed by atoms with Crippen molar-refractivity contribution >= 4 is 23.1 Å². The Kier molecular flexibility index (Phi) is 4.59. The number of benzene rings is 2. The second-order valence-corrected chi connectivity index (χ2v) is 8.24. The predicted molar refractivity (Wildman–Crippen MR) is 113 cm³/mol. The zero-order valence-corrected chi connectivity index (χ0v) is 17.5. The van der Waals surface area contributed by atoms with Crippen LogP contribution in [0, 0.1) is 17.1 Å². The van der Waals surface area contributed by atoms with Crippen LogP contribution < -0.4 is 16.0 Å². The molecule has 2 aromatic rings. The standard InChI is InChI=1S/C24H16F4N4O2/c25-13-6-9-17-15(10-13)23(22(34)31-17)16(11-29)21(30)32(18-2-1-3-19(33)20(18)23)14-7-4-12(5-8-14)24(26,27)28/h4-10H,1-3,30H2,(H,31,34). The molecule has 1 atom stereocenters. The molecule has 2 aliphatic heterocycles. The number of carbonyl (C=O) groups is 2. The quantitative estimate of drug-likeness (QED) is 0.610. The molecule has 0 radical (unpaired) electrons. The zero-order valence-electron chi connectivity index (χ0n) is 17.5.